The summed E-state index contributed by atoms with van der Waals surface area (Å²) < 4.78 is 16.9. The minimum atomic E-state index is -0.797. The Labute approximate surface area is 433 Å². The summed E-state index contributed by atoms with van der Waals surface area (Å²) >= 11 is 0. The molecule has 0 aliphatic carbocycles. The van der Waals surface area contributed by atoms with Gasteiger partial charge < -0.3 is 14.2 Å². The van der Waals surface area contributed by atoms with Crippen molar-refractivity contribution in [2.75, 3.05) is 13.2 Å². The molecule has 0 radical (unpaired) electrons. The van der Waals surface area contributed by atoms with E-state index in [9.17, 15) is 14.4 Å². The predicted octanol–water partition coefficient (Wildman–Crippen LogP) is 19.9. The summed E-state index contributed by atoms with van der Waals surface area (Å²) in [6.07, 6.45) is 75.7. The molecule has 0 spiro atoms. The molecule has 0 saturated carbocycles. The summed E-state index contributed by atoms with van der Waals surface area (Å²) in [5.74, 6) is -0.931. The lowest BCUT2D eigenvalue weighted by molar-refractivity contribution is -0.167. The van der Waals surface area contributed by atoms with Gasteiger partial charge in [0.1, 0.15) is 13.2 Å². The largest absolute Gasteiger partial charge is 0.462 e. The number of unbranched alkanes of at least 4 members (excludes halogenated alkanes) is 28. The van der Waals surface area contributed by atoms with Crippen LogP contribution < -0.4 is 0 Å². The fourth-order valence-electron chi connectivity index (χ4n) is 8.16. The van der Waals surface area contributed by atoms with Crippen molar-refractivity contribution < 1.29 is 28.6 Å². The molecular weight excluding hydrogens is 865 g/mol. The van der Waals surface area contributed by atoms with Crippen molar-refractivity contribution >= 4 is 17.9 Å². The summed E-state index contributed by atoms with van der Waals surface area (Å²) in [7, 11) is 0. The normalized spacial score (nSPS) is 12.7. The van der Waals surface area contributed by atoms with Gasteiger partial charge in [0.25, 0.3) is 0 Å². The van der Waals surface area contributed by atoms with Gasteiger partial charge in [0, 0.05) is 19.3 Å². The van der Waals surface area contributed by atoms with E-state index in [1.165, 1.54) is 141 Å². The van der Waals surface area contributed by atoms with Crippen molar-refractivity contribution in [1.82, 2.24) is 0 Å². The molecule has 0 rings (SSSR count). The molecule has 0 bridgehead atoms. The molecular formula is C64H110O6. The molecule has 0 aromatic carbocycles. The van der Waals surface area contributed by atoms with Crippen LogP contribution in [0.15, 0.2) is 85.1 Å². The Bertz CT molecular complexity index is 1350. The standard InChI is InChI=1S/C64H110O6/c1-4-7-10-13-16-19-22-25-28-30-32-34-36-39-42-45-48-51-54-57-63(66)69-60-61(59-68-62(65)56-53-50-47-44-41-38-35-27-24-21-18-15-12-9-6-3)70-64(67)58-55-52-49-46-43-40-37-33-31-29-26-23-20-17-14-11-8-5-2/h7,10,16,19,25,27-29,31-32,34-35,39,42,61H,4-6,8-9,11-15,17-18,20-24,26,30,33,36-38,40-41,43-60H2,1-3H3/b10-7-,19-16-,28-25-,31-29-,34-32-,35-27-,42-39-. The van der Waals surface area contributed by atoms with Gasteiger partial charge in [-0.2, -0.15) is 0 Å². The summed E-state index contributed by atoms with van der Waals surface area (Å²) in [6.45, 7) is 6.50. The molecule has 0 aliphatic rings. The zero-order valence-corrected chi connectivity index (χ0v) is 46.0. The van der Waals surface area contributed by atoms with Gasteiger partial charge in [-0.05, 0) is 116 Å². The van der Waals surface area contributed by atoms with Crippen LogP contribution in [0.2, 0.25) is 0 Å². The first kappa shape index (κ1) is 66.6. The van der Waals surface area contributed by atoms with Gasteiger partial charge in [0.05, 0.1) is 0 Å². The average molecular weight is 976 g/mol. The Kier molecular flexibility index (Phi) is 55.3. The first-order valence-electron chi connectivity index (χ1n) is 29.6. The van der Waals surface area contributed by atoms with E-state index in [0.717, 1.165) is 103 Å². The van der Waals surface area contributed by atoms with Crippen molar-refractivity contribution in [1.29, 1.82) is 0 Å². The van der Waals surface area contributed by atoms with Crippen LogP contribution in [0.5, 0.6) is 0 Å². The lowest BCUT2D eigenvalue weighted by Crippen LogP contribution is -2.30. The van der Waals surface area contributed by atoms with Crippen LogP contribution in [0.25, 0.3) is 0 Å². The second-order valence-corrected chi connectivity index (χ2v) is 19.5. The van der Waals surface area contributed by atoms with Gasteiger partial charge in [-0.3, -0.25) is 14.4 Å². The van der Waals surface area contributed by atoms with E-state index in [2.05, 4.69) is 106 Å². The van der Waals surface area contributed by atoms with Crippen molar-refractivity contribution in [3.8, 4) is 0 Å². The number of esters is 3. The molecule has 402 valence electrons. The Morgan fingerprint density at radius 3 is 0.900 bits per heavy atom. The van der Waals surface area contributed by atoms with E-state index >= 15 is 0 Å². The Hall–Kier alpha value is -3.41. The van der Waals surface area contributed by atoms with Crippen LogP contribution in [-0.2, 0) is 28.6 Å². The van der Waals surface area contributed by atoms with Crippen molar-refractivity contribution in [2.24, 2.45) is 0 Å². The predicted molar refractivity (Wildman–Crippen MR) is 302 cm³/mol. The van der Waals surface area contributed by atoms with Gasteiger partial charge >= 0.3 is 17.9 Å². The molecule has 70 heavy (non-hydrogen) atoms. The van der Waals surface area contributed by atoms with Crippen LogP contribution in [0, 0.1) is 0 Å². The molecule has 0 saturated heterocycles. The summed E-state index contributed by atoms with van der Waals surface area (Å²) in [5.41, 5.74) is 0. The number of hydrogen-bond donors (Lipinski definition) is 0. The molecule has 0 aromatic rings. The minimum Gasteiger partial charge on any atom is -0.462 e. The monoisotopic (exact) mass is 975 g/mol. The number of hydrogen-bond acceptors (Lipinski definition) is 6. The maximum Gasteiger partial charge on any atom is 0.306 e. The van der Waals surface area contributed by atoms with Gasteiger partial charge in [0.2, 0.25) is 0 Å². The first-order chi connectivity index (χ1) is 34.5. The van der Waals surface area contributed by atoms with Crippen molar-refractivity contribution in [3.63, 3.8) is 0 Å². The fraction of sp³-hybridized carbons (Fsp3) is 0.734. The maximum absolute atomic E-state index is 12.9. The molecule has 0 fully saturated rings. The Morgan fingerprint density at radius 1 is 0.300 bits per heavy atom. The van der Waals surface area contributed by atoms with Crippen LogP contribution in [0.1, 0.15) is 284 Å². The molecule has 0 heterocycles. The van der Waals surface area contributed by atoms with E-state index in [1.54, 1.807) is 0 Å². The molecule has 1 atom stereocenters. The quantitative estimate of drug-likeness (QED) is 0.0261. The topological polar surface area (TPSA) is 78.9 Å². The van der Waals surface area contributed by atoms with Gasteiger partial charge in [-0.25, -0.2) is 0 Å². The number of rotatable bonds is 53. The minimum absolute atomic E-state index is 0.0928. The first-order valence-corrected chi connectivity index (χ1v) is 29.6. The molecule has 6 heteroatoms. The summed E-state index contributed by atoms with van der Waals surface area (Å²) in [4.78, 5) is 38.2. The SMILES string of the molecule is CC/C=C\C/C=C\C/C=C\C/C=C\C/C=C\CCCCCC(=O)OCC(COC(=O)CCCCCCC/C=C\CCCCCCCC)OC(=O)CCCCCCCCC/C=C\CCCCCCCCC. The lowest BCUT2D eigenvalue weighted by atomic mass is 10.1. The third kappa shape index (κ3) is 55.5. The highest BCUT2D eigenvalue weighted by molar-refractivity contribution is 5.71. The van der Waals surface area contributed by atoms with Crippen LogP contribution in [0.3, 0.4) is 0 Å². The number of ether oxygens (including phenoxy) is 3. The zero-order chi connectivity index (χ0) is 50.7. The summed E-state index contributed by atoms with van der Waals surface area (Å²) in [6, 6.07) is 0. The molecule has 0 N–H and O–H groups in total. The molecule has 0 amide bonds. The lowest BCUT2D eigenvalue weighted by Gasteiger charge is -2.18. The highest BCUT2D eigenvalue weighted by atomic mass is 16.6. The second-order valence-electron chi connectivity index (χ2n) is 19.5. The third-order valence-corrected chi connectivity index (χ3v) is 12.6. The van der Waals surface area contributed by atoms with Crippen molar-refractivity contribution in [3.05, 3.63) is 85.1 Å². The molecule has 0 aromatic heterocycles. The van der Waals surface area contributed by atoms with E-state index in [4.69, 9.17) is 14.2 Å². The van der Waals surface area contributed by atoms with Crippen LogP contribution in [-0.4, -0.2) is 37.2 Å². The zero-order valence-electron chi connectivity index (χ0n) is 46.0. The highest BCUT2D eigenvalue weighted by Gasteiger charge is 2.19. The van der Waals surface area contributed by atoms with E-state index in [-0.39, 0.29) is 31.1 Å². The second kappa shape index (κ2) is 58.2. The Morgan fingerprint density at radius 2 is 0.557 bits per heavy atom. The Balaban J connectivity index is 4.46. The van der Waals surface area contributed by atoms with Gasteiger partial charge in [-0.15, -0.1) is 0 Å². The number of allylic oxidation sites excluding steroid dienone is 14. The van der Waals surface area contributed by atoms with Crippen molar-refractivity contribution in [2.45, 2.75) is 290 Å². The number of carbonyl (C=O) groups excluding carboxylic acids is 3. The van der Waals surface area contributed by atoms with E-state index in [0.29, 0.717) is 19.3 Å². The number of carbonyl (C=O) groups is 3. The smallest absolute Gasteiger partial charge is 0.306 e. The summed E-state index contributed by atoms with van der Waals surface area (Å²) in [5, 5.41) is 0. The molecule has 0 aliphatic heterocycles. The third-order valence-electron chi connectivity index (χ3n) is 12.6. The van der Waals surface area contributed by atoms with Gasteiger partial charge in [0.15, 0.2) is 6.10 Å². The van der Waals surface area contributed by atoms with Crippen LogP contribution >= 0.6 is 0 Å². The fourth-order valence-corrected chi connectivity index (χ4v) is 8.16. The van der Waals surface area contributed by atoms with E-state index < -0.39 is 6.10 Å². The molecule has 1 unspecified atom stereocenters. The highest BCUT2D eigenvalue weighted by Crippen LogP contribution is 2.15. The molecule has 6 nitrogen and oxygen atoms in total. The average Bonchev–Trinajstić information content (AvgIpc) is 3.36. The van der Waals surface area contributed by atoms with Gasteiger partial charge in [-0.1, -0.05) is 234 Å². The van der Waals surface area contributed by atoms with E-state index in [1.807, 2.05) is 0 Å². The van der Waals surface area contributed by atoms with Crippen LogP contribution in [0.4, 0.5) is 0 Å². The maximum atomic E-state index is 12.9.